The number of hydrogen-bond donors (Lipinski definition) is 2. The Morgan fingerprint density at radius 3 is 2.79 bits per heavy atom. The minimum absolute atomic E-state index is 0.367. The molecule has 1 aromatic heterocycles. The lowest BCUT2D eigenvalue weighted by Crippen LogP contribution is -2.35. The second-order valence-corrected chi connectivity index (χ2v) is 5.86. The molecule has 0 fully saturated rings. The van der Waals surface area contributed by atoms with Crippen molar-refractivity contribution in [2.75, 3.05) is 0 Å². The molecular formula is C13H20N2O3S. The molecule has 0 radical (unpaired) electrons. The number of nitrogens with zero attached hydrogens (tertiary/aromatic N) is 1. The highest BCUT2D eigenvalue weighted by Crippen LogP contribution is 2.15. The van der Waals surface area contributed by atoms with Crippen LogP contribution in [0.25, 0.3) is 0 Å². The van der Waals surface area contributed by atoms with Crippen LogP contribution in [-0.4, -0.2) is 25.6 Å². The number of carbonyl (C=O) groups excluding carboxylic acids is 1. The lowest BCUT2D eigenvalue weighted by molar-refractivity contribution is -0.128. The first-order valence-electron chi connectivity index (χ1n) is 6.46. The Balaban J connectivity index is 2.68. The van der Waals surface area contributed by atoms with Gasteiger partial charge in [-0.1, -0.05) is 38.7 Å². The molecule has 106 valence electrons. The average Bonchev–Trinajstić information content (AvgIpc) is 2.47. The smallest absolute Gasteiger partial charge is 0.259 e. The molecule has 0 bridgehead atoms. The molecule has 0 aliphatic heterocycles. The maximum absolute atomic E-state index is 12.3. The van der Waals surface area contributed by atoms with Gasteiger partial charge in [0.15, 0.2) is 0 Å². The van der Waals surface area contributed by atoms with Crippen molar-refractivity contribution in [1.82, 2.24) is 10.5 Å². The molecule has 2 atom stereocenters. The highest BCUT2D eigenvalue weighted by atomic mass is 32.2. The molecule has 1 aromatic rings. The standard InChI is InChI=1S/C13H20N2O3S/c1-2-3-4-5-8-11(13(16)15-17)19(18)12-9-6-7-10-14-12/h6-7,9-11,17H,2-5,8H2,1H3,(H,15,16). The van der Waals surface area contributed by atoms with Gasteiger partial charge in [-0.25, -0.2) is 10.5 Å². The highest BCUT2D eigenvalue weighted by molar-refractivity contribution is 7.86. The molecule has 0 aromatic carbocycles. The summed E-state index contributed by atoms with van der Waals surface area (Å²) in [7, 11) is -1.54. The van der Waals surface area contributed by atoms with Gasteiger partial charge in [0.05, 0.1) is 10.8 Å². The van der Waals surface area contributed by atoms with Crippen LogP contribution < -0.4 is 5.48 Å². The molecule has 2 N–H and O–H groups in total. The number of hydroxylamine groups is 1. The third-order valence-electron chi connectivity index (χ3n) is 2.82. The van der Waals surface area contributed by atoms with E-state index >= 15 is 0 Å². The van der Waals surface area contributed by atoms with E-state index in [1.54, 1.807) is 23.7 Å². The van der Waals surface area contributed by atoms with E-state index in [1.807, 2.05) is 0 Å². The number of carbonyl (C=O) groups is 1. The van der Waals surface area contributed by atoms with Gasteiger partial charge in [0.25, 0.3) is 5.91 Å². The van der Waals surface area contributed by atoms with Crippen LogP contribution in [0, 0.1) is 0 Å². The number of unbranched alkanes of at least 4 members (excludes halogenated alkanes) is 3. The van der Waals surface area contributed by atoms with Crippen molar-refractivity contribution in [1.29, 1.82) is 0 Å². The molecular weight excluding hydrogens is 264 g/mol. The van der Waals surface area contributed by atoms with Gasteiger partial charge in [-0.15, -0.1) is 0 Å². The molecule has 1 heterocycles. The second-order valence-electron chi connectivity index (χ2n) is 4.28. The quantitative estimate of drug-likeness (QED) is 0.435. The van der Waals surface area contributed by atoms with Gasteiger partial charge in [-0.05, 0) is 18.6 Å². The maximum atomic E-state index is 12.3. The third kappa shape index (κ3) is 5.08. The molecule has 0 saturated carbocycles. The van der Waals surface area contributed by atoms with Crippen LogP contribution in [0.3, 0.4) is 0 Å². The van der Waals surface area contributed by atoms with E-state index in [4.69, 9.17) is 5.21 Å². The summed E-state index contributed by atoms with van der Waals surface area (Å²) in [5.41, 5.74) is 1.60. The van der Waals surface area contributed by atoms with Crippen LogP contribution in [0.5, 0.6) is 0 Å². The molecule has 1 amide bonds. The van der Waals surface area contributed by atoms with Gasteiger partial charge >= 0.3 is 0 Å². The summed E-state index contributed by atoms with van der Waals surface area (Å²) in [6.07, 6.45) is 6.01. The van der Waals surface area contributed by atoms with Gasteiger partial charge in [-0.3, -0.25) is 14.2 Å². The number of rotatable bonds is 8. The molecule has 5 nitrogen and oxygen atoms in total. The summed E-state index contributed by atoms with van der Waals surface area (Å²) in [6, 6.07) is 5.08. The molecule has 6 heteroatoms. The summed E-state index contributed by atoms with van der Waals surface area (Å²) in [5.74, 6) is -0.611. The van der Waals surface area contributed by atoms with Crippen molar-refractivity contribution < 1.29 is 14.2 Å². The first-order valence-corrected chi connectivity index (χ1v) is 7.67. The Labute approximate surface area is 115 Å². The molecule has 0 spiro atoms. The van der Waals surface area contributed by atoms with E-state index in [0.29, 0.717) is 11.4 Å². The van der Waals surface area contributed by atoms with Crippen molar-refractivity contribution >= 4 is 16.7 Å². The van der Waals surface area contributed by atoms with E-state index in [2.05, 4.69) is 11.9 Å². The monoisotopic (exact) mass is 284 g/mol. The summed E-state index contributed by atoms with van der Waals surface area (Å²) in [5, 5.41) is 8.36. The Morgan fingerprint density at radius 1 is 1.42 bits per heavy atom. The number of hydrogen-bond acceptors (Lipinski definition) is 4. The SMILES string of the molecule is CCCCCCC(C(=O)NO)S(=O)c1ccccn1. The number of pyridine rings is 1. The lowest BCUT2D eigenvalue weighted by Gasteiger charge is -2.13. The Morgan fingerprint density at radius 2 is 2.21 bits per heavy atom. The first kappa shape index (κ1) is 15.8. The van der Waals surface area contributed by atoms with Gasteiger partial charge in [0.2, 0.25) is 0 Å². The van der Waals surface area contributed by atoms with Crippen LogP contribution in [0.4, 0.5) is 0 Å². The first-order chi connectivity index (χ1) is 9.20. The molecule has 19 heavy (non-hydrogen) atoms. The Hall–Kier alpha value is -1.27. The van der Waals surface area contributed by atoms with Gasteiger partial charge in [0, 0.05) is 6.20 Å². The van der Waals surface area contributed by atoms with Crippen molar-refractivity contribution in [2.24, 2.45) is 0 Å². The maximum Gasteiger partial charge on any atom is 0.259 e. The predicted octanol–water partition coefficient (Wildman–Crippen LogP) is 2.03. The zero-order chi connectivity index (χ0) is 14.1. The summed E-state index contributed by atoms with van der Waals surface area (Å²) in [4.78, 5) is 15.6. The van der Waals surface area contributed by atoms with E-state index in [-0.39, 0.29) is 0 Å². The van der Waals surface area contributed by atoms with E-state index in [1.165, 1.54) is 6.20 Å². The van der Waals surface area contributed by atoms with Gasteiger partial charge in [0.1, 0.15) is 10.3 Å². The van der Waals surface area contributed by atoms with Crippen molar-refractivity contribution in [3.8, 4) is 0 Å². The Bertz CT molecular complexity index is 412. The van der Waals surface area contributed by atoms with Gasteiger partial charge < -0.3 is 0 Å². The van der Waals surface area contributed by atoms with Gasteiger partial charge in [-0.2, -0.15) is 0 Å². The zero-order valence-corrected chi connectivity index (χ0v) is 11.9. The second kappa shape index (κ2) is 8.77. The fraction of sp³-hybridized carbons (Fsp3) is 0.538. The summed E-state index contributed by atoms with van der Waals surface area (Å²) >= 11 is 0. The normalized spacial score (nSPS) is 13.8. The van der Waals surface area contributed by atoms with E-state index < -0.39 is 22.0 Å². The van der Waals surface area contributed by atoms with Crippen LogP contribution >= 0.6 is 0 Å². The molecule has 1 rings (SSSR count). The lowest BCUT2D eigenvalue weighted by atomic mass is 10.1. The fourth-order valence-corrected chi connectivity index (χ4v) is 3.07. The van der Waals surface area contributed by atoms with Crippen LogP contribution in [-0.2, 0) is 15.6 Å². The molecule has 0 aliphatic carbocycles. The Kier molecular flexibility index (Phi) is 7.28. The topological polar surface area (TPSA) is 79.3 Å². The van der Waals surface area contributed by atoms with Crippen LogP contribution in [0.2, 0.25) is 0 Å². The minimum Gasteiger partial charge on any atom is -0.289 e. The van der Waals surface area contributed by atoms with Crippen LogP contribution in [0.15, 0.2) is 29.4 Å². The fourth-order valence-electron chi connectivity index (χ4n) is 1.78. The van der Waals surface area contributed by atoms with Crippen molar-refractivity contribution in [3.63, 3.8) is 0 Å². The van der Waals surface area contributed by atoms with E-state index in [0.717, 1.165) is 25.7 Å². The summed E-state index contributed by atoms with van der Waals surface area (Å²) in [6.45, 7) is 2.10. The third-order valence-corrected chi connectivity index (χ3v) is 4.45. The largest absolute Gasteiger partial charge is 0.289 e. The number of nitrogens with one attached hydrogen (secondary N) is 1. The number of aromatic nitrogens is 1. The molecule has 0 aliphatic rings. The summed E-state index contributed by atoms with van der Waals surface area (Å²) < 4.78 is 12.3. The predicted molar refractivity (Wildman–Crippen MR) is 73.1 cm³/mol. The molecule has 2 unspecified atom stereocenters. The van der Waals surface area contributed by atoms with Crippen LogP contribution in [0.1, 0.15) is 39.0 Å². The van der Waals surface area contributed by atoms with E-state index in [9.17, 15) is 9.00 Å². The minimum atomic E-state index is -1.54. The highest BCUT2D eigenvalue weighted by Gasteiger charge is 2.26. The zero-order valence-electron chi connectivity index (χ0n) is 11.0. The number of amides is 1. The van der Waals surface area contributed by atoms with Crippen molar-refractivity contribution in [2.45, 2.75) is 49.3 Å². The van der Waals surface area contributed by atoms with Crippen molar-refractivity contribution in [3.05, 3.63) is 24.4 Å². The average molecular weight is 284 g/mol. The molecule has 0 saturated heterocycles.